The van der Waals surface area contributed by atoms with Crippen LogP contribution in [0.1, 0.15) is 17.7 Å². The molecule has 0 fully saturated rings. The molecular weight excluding hydrogens is 270 g/mol. The third-order valence-corrected chi connectivity index (χ3v) is 6.02. The van der Waals surface area contributed by atoms with Crippen LogP contribution in [0.2, 0.25) is 0 Å². The van der Waals surface area contributed by atoms with Gasteiger partial charge in [-0.2, -0.15) is 5.10 Å². The third-order valence-electron chi connectivity index (χ3n) is 3.10. The summed E-state index contributed by atoms with van der Waals surface area (Å²) in [7, 11) is -3.37. The predicted molar refractivity (Wildman–Crippen MR) is 69.0 cm³/mol. The van der Waals surface area contributed by atoms with Gasteiger partial charge in [-0.3, -0.25) is 5.10 Å². The molecule has 7 heteroatoms. The van der Waals surface area contributed by atoms with Gasteiger partial charge in [-0.25, -0.2) is 13.1 Å². The van der Waals surface area contributed by atoms with Crippen molar-refractivity contribution in [1.29, 1.82) is 0 Å². The number of thiophene rings is 1. The summed E-state index contributed by atoms with van der Waals surface area (Å²) < 4.78 is 27.3. The number of aryl methyl sites for hydroxylation is 1. The maximum atomic E-state index is 12.1. The van der Waals surface area contributed by atoms with Crippen molar-refractivity contribution < 1.29 is 8.42 Å². The van der Waals surface area contributed by atoms with Gasteiger partial charge in [0.2, 0.25) is 10.0 Å². The first-order valence-electron chi connectivity index (χ1n) is 5.72. The van der Waals surface area contributed by atoms with Gasteiger partial charge >= 0.3 is 0 Å². The van der Waals surface area contributed by atoms with Crippen LogP contribution in [0.15, 0.2) is 27.9 Å². The molecule has 1 unspecified atom stereocenters. The van der Waals surface area contributed by atoms with Crippen LogP contribution in [-0.2, 0) is 22.9 Å². The van der Waals surface area contributed by atoms with E-state index in [1.165, 1.54) is 16.9 Å². The molecule has 0 saturated carbocycles. The second-order valence-corrected chi connectivity index (χ2v) is 7.26. The molecule has 0 aliphatic heterocycles. The molecule has 5 nitrogen and oxygen atoms in total. The molecule has 0 spiro atoms. The van der Waals surface area contributed by atoms with Crippen molar-refractivity contribution in [3.63, 3.8) is 0 Å². The van der Waals surface area contributed by atoms with E-state index >= 15 is 0 Å². The van der Waals surface area contributed by atoms with Gasteiger partial charge in [-0.15, -0.1) is 11.3 Å². The Balaban J connectivity index is 1.75. The van der Waals surface area contributed by atoms with E-state index in [2.05, 4.69) is 14.9 Å². The first kappa shape index (κ1) is 11.9. The van der Waals surface area contributed by atoms with Crippen LogP contribution in [0.25, 0.3) is 0 Å². The summed E-state index contributed by atoms with van der Waals surface area (Å²) in [4.78, 5) is 0. The number of sulfonamides is 1. The molecular formula is C11H13N3O2S2. The number of hydrogen-bond donors (Lipinski definition) is 2. The number of fused-ring (bicyclic) bond motifs is 1. The first-order chi connectivity index (χ1) is 8.65. The molecule has 0 radical (unpaired) electrons. The lowest BCUT2D eigenvalue weighted by atomic mass is 9.95. The summed E-state index contributed by atoms with van der Waals surface area (Å²) >= 11 is 1.24. The molecule has 0 saturated heterocycles. The molecule has 0 amide bonds. The molecule has 0 aromatic carbocycles. The van der Waals surface area contributed by atoms with E-state index in [0.29, 0.717) is 10.6 Å². The van der Waals surface area contributed by atoms with Crippen molar-refractivity contribution in [2.75, 3.05) is 0 Å². The topological polar surface area (TPSA) is 74.8 Å². The van der Waals surface area contributed by atoms with Gasteiger partial charge in [0.05, 0.1) is 6.20 Å². The van der Waals surface area contributed by atoms with Crippen molar-refractivity contribution in [2.24, 2.45) is 0 Å². The SMILES string of the molecule is O=S(=O)(NC1CCc2cn[nH]c2C1)c1cccs1. The number of nitrogens with zero attached hydrogens (tertiary/aromatic N) is 1. The second kappa shape index (κ2) is 4.49. The minimum atomic E-state index is -3.37. The fourth-order valence-corrected chi connectivity index (χ4v) is 4.48. The van der Waals surface area contributed by atoms with Gasteiger partial charge < -0.3 is 0 Å². The monoisotopic (exact) mass is 283 g/mol. The first-order valence-corrected chi connectivity index (χ1v) is 8.08. The van der Waals surface area contributed by atoms with Crippen molar-refractivity contribution in [1.82, 2.24) is 14.9 Å². The predicted octanol–water partition coefficient (Wildman–Crippen LogP) is 1.31. The molecule has 3 rings (SSSR count). The number of rotatable bonds is 3. The van der Waals surface area contributed by atoms with E-state index < -0.39 is 10.0 Å². The van der Waals surface area contributed by atoms with E-state index in [1.807, 2.05) is 6.20 Å². The lowest BCUT2D eigenvalue weighted by Crippen LogP contribution is -2.38. The minimum absolute atomic E-state index is 0.0509. The van der Waals surface area contributed by atoms with Crippen LogP contribution in [-0.4, -0.2) is 24.7 Å². The highest BCUT2D eigenvalue weighted by Gasteiger charge is 2.25. The molecule has 1 atom stereocenters. The average Bonchev–Trinajstić information content (AvgIpc) is 2.99. The molecule has 0 bridgehead atoms. The minimum Gasteiger partial charge on any atom is -0.282 e. The highest BCUT2D eigenvalue weighted by Crippen LogP contribution is 2.22. The maximum absolute atomic E-state index is 12.1. The van der Waals surface area contributed by atoms with E-state index in [-0.39, 0.29) is 6.04 Å². The largest absolute Gasteiger partial charge is 0.282 e. The lowest BCUT2D eigenvalue weighted by molar-refractivity contribution is 0.505. The molecule has 18 heavy (non-hydrogen) atoms. The van der Waals surface area contributed by atoms with Gasteiger partial charge in [0, 0.05) is 18.2 Å². The Morgan fingerprint density at radius 1 is 1.50 bits per heavy atom. The van der Waals surface area contributed by atoms with Crippen LogP contribution in [0.4, 0.5) is 0 Å². The fourth-order valence-electron chi connectivity index (χ4n) is 2.20. The summed E-state index contributed by atoms with van der Waals surface area (Å²) in [5.41, 5.74) is 2.24. The number of aromatic nitrogens is 2. The highest BCUT2D eigenvalue weighted by atomic mass is 32.2. The van der Waals surface area contributed by atoms with Crippen molar-refractivity contribution in [3.05, 3.63) is 35.0 Å². The van der Waals surface area contributed by atoms with Crippen LogP contribution in [0, 0.1) is 0 Å². The fraction of sp³-hybridized carbons (Fsp3) is 0.364. The molecule has 2 aromatic rings. The van der Waals surface area contributed by atoms with Crippen LogP contribution < -0.4 is 4.72 Å². The summed E-state index contributed by atoms with van der Waals surface area (Å²) in [5.74, 6) is 0. The van der Waals surface area contributed by atoms with Crippen LogP contribution in [0.3, 0.4) is 0 Å². The van der Waals surface area contributed by atoms with Gasteiger partial charge in [0.1, 0.15) is 4.21 Å². The Morgan fingerprint density at radius 3 is 3.17 bits per heavy atom. The Labute approximate surface area is 109 Å². The average molecular weight is 283 g/mol. The molecule has 2 aromatic heterocycles. The Kier molecular flexibility index (Phi) is 2.96. The number of nitrogens with one attached hydrogen (secondary N) is 2. The number of H-pyrrole nitrogens is 1. The number of aromatic amines is 1. The third kappa shape index (κ3) is 2.21. The van der Waals surface area contributed by atoms with E-state index in [0.717, 1.165) is 18.5 Å². The maximum Gasteiger partial charge on any atom is 0.250 e. The smallest absolute Gasteiger partial charge is 0.250 e. The Hall–Kier alpha value is -1.18. The van der Waals surface area contributed by atoms with Gasteiger partial charge in [0.25, 0.3) is 0 Å². The lowest BCUT2D eigenvalue weighted by Gasteiger charge is -2.22. The van der Waals surface area contributed by atoms with E-state index in [1.54, 1.807) is 17.5 Å². The standard InChI is InChI=1S/C11H13N3O2S2/c15-18(16,11-2-1-5-17-11)14-9-4-3-8-7-12-13-10(8)6-9/h1-2,5,7,9,14H,3-4,6H2,(H,12,13). The summed E-state index contributed by atoms with van der Waals surface area (Å²) in [6, 6.07) is 3.31. The molecule has 1 aliphatic rings. The molecule has 96 valence electrons. The second-order valence-electron chi connectivity index (χ2n) is 4.37. The zero-order valence-corrected chi connectivity index (χ0v) is 11.2. The van der Waals surface area contributed by atoms with Gasteiger partial charge in [-0.1, -0.05) is 6.07 Å². The van der Waals surface area contributed by atoms with E-state index in [4.69, 9.17) is 0 Å². The van der Waals surface area contributed by atoms with Crippen LogP contribution >= 0.6 is 11.3 Å². The Bertz CT molecular complexity index is 631. The Morgan fingerprint density at radius 2 is 2.39 bits per heavy atom. The normalized spacial score (nSPS) is 19.7. The zero-order chi connectivity index (χ0) is 12.6. The molecule has 2 heterocycles. The van der Waals surface area contributed by atoms with Crippen molar-refractivity contribution in [3.8, 4) is 0 Å². The van der Waals surface area contributed by atoms with Crippen LogP contribution in [0.5, 0.6) is 0 Å². The van der Waals surface area contributed by atoms with E-state index in [9.17, 15) is 8.42 Å². The quantitative estimate of drug-likeness (QED) is 0.891. The number of hydrogen-bond acceptors (Lipinski definition) is 4. The zero-order valence-electron chi connectivity index (χ0n) is 9.59. The summed E-state index contributed by atoms with van der Waals surface area (Å²) in [5, 5.41) is 8.68. The summed E-state index contributed by atoms with van der Waals surface area (Å²) in [6.45, 7) is 0. The van der Waals surface area contributed by atoms with Crippen molar-refractivity contribution in [2.45, 2.75) is 29.5 Å². The van der Waals surface area contributed by atoms with Gasteiger partial charge in [0.15, 0.2) is 0 Å². The summed E-state index contributed by atoms with van der Waals surface area (Å²) in [6.07, 6.45) is 4.18. The molecule has 1 aliphatic carbocycles. The van der Waals surface area contributed by atoms with Crippen molar-refractivity contribution >= 4 is 21.4 Å². The van der Waals surface area contributed by atoms with Gasteiger partial charge in [-0.05, 0) is 29.9 Å². The highest BCUT2D eigenvalue weighted by molar-refractivity contribution is 7.91. The molecule has 2 N–H and O–H groups in total.